The lowest BCUT2D eigenvalue weighted by atomic mass is 9.86. The number of hydrogen-bond donors (Lipinski definition) is 1. The molecule has 0 spiro atoms. The van der Waals surface area contributed by atoms with E-state index in [0.29, 0.717) is 4.47 Å². The molecular formula is C18H25BrO4. The van der Waals surface area contributed by atoms with Gasteiger partial charge in [0, 0.05) is 4.47 Å². The highest BCUT2D eigenvalue weighted by molar-refractivity contribution is 9.10. The Balaban J connectivity index is 3.13. The summed E-state index contributed by atoms with van der Waals surface area (Å²) in [5.41, 5.74) is 0.654. The van der Waals surface area contributed by atoms with Crippen LogP contribution >= 0.6 is 15.9 Å². The summed E-state index contributed by atoms with van der Waals surface area (Å²) in [5.74, 6) is -1.72. The predicted octanol–water partition coefficient (Wildman–Crippen LogP) is 5.22. The van der Waals surface area contributed by atoms with Crippen LogP contribution in [0.3, 0.4) is 0 Å². The third kappa shape index (κ3) is 5.34. The summed E-state index contributed by atoms with van der Waals surface area (Å²) in [6.07, 6.45) is 2.49. The van der Waals surface area contributed by atoms with Crippen molar-refractivity contribution in [1.29, 1.82) is 0 Å². The van der Waals surface area contributed by atoms with Gasteiger partial charge in [-0.05, 0) is 36.5 Å². The molecule has 1 N–H and O–H groups in total. The Bertz CT molecular complexity index is 587. The lowest BCUT2D eigenvalue weighted by Crippen LogP contribution is -2.32. The van der Waals surface area contributed by atoms with Gasteiger partial charge in [-0.2, -0.15) is 0 Å². The van der Waals surface area contributed by atoms with E-state index in [4.69, 9.17) is 4.74 Å². The van der Waals surface area contributed by atoms with E-state index in [-0.39, 0.29) is 22.6 Å². The standard InChI is InChI=1S/C18H25BrO4/c1-6-7-8-15(18(3,4)5)23-17(22)13-9-11(2)14(19)10-12(13)16(20)21/h9-10,15H,6-8H2,1-5H3,(H,20,21). The monoisotopic (exact) mass is 384 g/mol. The molecule has 0 bridgehead atoms. The summed E-state index contributed by atoms with van der Waals surface area (Å²) in [6, 6.07) is 3.02. The van der Waals surface area contributed by atoms with Crippen LogP contribution < -0.4 is 0 Å². The average molecular weight is 385 g/mol. The maximum Gasteiger partial charge on any atom is 0.339 e. The van der Waals surface area contributed by atoms with Gasteiger partial charge in [0.15, 0.2) is 0 Å². The number of carboxylic acids is 1. The fourth-order valence-electron chi connectivity index (χ4n) is 2.28. The van der Waals surface area contributed by atoms with Gasteiger partial charge < -0.3 is 9.84 Å². The highest BCUT2D eigenvalue weighted by atomic mass is 79.9. The first kappa shape index (κ1) is 19.7. The highest BCUT2D eigenvalue weighted by Crippen LogP contribution is 2.29. The van der Waals surface area contributed by atoms with Crippen LogP contribution in [0.2, 0.25) is 0 Å². The topological polar surface area (TPSA) is 63.6 Å². The van der Waals surface area contributed by atoms with Crippen LogP contribution in [-0.4, -0.2) is 23.1 Å². The predicted molar refractivity (Wildman–Crippen MR) is 94.0 cm³/mol. The van der Waals surface area contributed by atoms with Gasteiger partial charge in [-0.1, -0.05) is 56.5 Å². The summed E-state index contributed by atoms with van der Waals surface area (Å²) in [7, 11) is 0. The highest BCUT2D eigenvalue weighted by Gasteiger charge is 2.30. The Morgan fingerprint density at radius 2 is 1.87 bits per heavy atom. The van der Waals surface area contributed by atoms with Gasteiger partial charge in [0.2, 0.25) is 0 Å². The molecular weight excluding hydrogens is 360 g/mol. The van der Waals surface area contributed by atoms with Crippen LogP contribution in [0.1, 0.15) is 73.2 Å². The van der Waals surface area contributed by atoms with Crippen molar-refractivity contribution in [3.05, 3.63) is 33.3 Å². The van der Waals surface area contributed by atoms with Gasteiger partial charge in [0.25, 0.3) is 0 Å². The van der Waals surface area contributed by atoms with Crippen molar-refractivity contribution in [1.82, 2.24) is 0 Å². The number of rotatable bonds is 6. The molecule has 5 heteroatoms. The molecule has 1 aromatic carbocycles. The van der Waals surface area contributed by atoms with Crippen LogP contribution in [0.25, 0.3) is 0 Å². The maximum atomic E-state index is 12.6. The Labute approximate surface area is 146 Å². The smallest absolute Gasteiger partial charge is 0.339 e. The fourth-order valence-corrected chi connectivity index (χ4v) is 2.62. The molecule has 23 heavy (non-hydrogen) atoms. The number of ether oxygens (including phenoxy) is 1. The van der Waals surface area contributed by atoms with E-state index in [1.165, 1.54) is 6.07 Å². The first-order chi connectivity index (χ1) is 10.6. The van der Waals surface area contributed by atoms with Crippen LogP contribution in [0.5, 0.6) is 0 Å². The molecule has 0 fully saturated rings. The second-order valence-corrected chi connectivity index (χ2v) is 7.71. The molecule has 0 amide bonds. The molecule has 4 nitrogen and oxygen atoms in total. The number of carboxylic acid groups (broad SMARTS) is 1. The zero-order valence-electron chi connectivity index (χ0n) is 14.4. The van der Waals surface area contributed by atoms with Crippen LogP contribution in [-0.2, 0) is 4.74 Å². The van der Waals surface area contributed by atoms with Crippen molar-refractivity contribution in [2.24, 2.45) is 5.41 Å². The average Bonchev–Trinajstić information content (AvgIpc) is 2.44. The van der Waals surface area contributed by atoms with Crippen LogP contribution in [0, 0.1) is 12.3 Å². The van der Waals surface area contributed by atoms with Gasteiger partial charge in [-0.3, -0.25) is 0 Å². The van der Waals surface area contributed by atoms with Crippen LogP contribution in [0.4, 0.5) is 0 Å². The van der Waals surface area contributed by atoms with Gasteiger partial charge in [-0.15, -0.1) is 0 Å². The maximum absolute atomic E-state index is 12.6. The van der Waals surface area contributed by atoms with E-state index in [2.05, 4.69) is 22.9 Å². The van der Waals surface area contributed by atoms with E-state index in [0.717, 1.165) is 24.8 Å². The van der Waals surface area contributed by atoms with Gasteiger partial charge in [-0.25, -0.2) is 9.59 Å². The Morgan fingerprint density at radius 1 is 1.26 bits per heavy atom. The number of carbonyl (C=O) groups excluding carboxylic acids is 1. The molecule has 0 heterocycles. The van der Waals surface area contributed by atoms with Gasteiger partial charge in [0.05, 0.1) is 11.1 Å². The quantitative estimate of drug-likeness (QED) is 0.682. The molecule has 0 aromatic heterocycles. The minimum Gasteiger partial charge on any atom is -0.478 e. The van der Waals surface area contributed by atoms with Gasteiger partial charge in [0.1, 0.15) is 6.10 Å². The molecule has 0 aliphatic rings. The molecule has 1 atom stereocenters. The lowest BCUT2D eigenvalue weighted by molar-refractivity contribution is -0.00697. The minimum atomic E-state index is -1.14. The molecule has 0 aliphatic carbocycles. The van der Waals surface area contributed by atoms with Crippen molar-refractivity contribution >= 4 is 27.9 Å². The second-order valence-electron chi connectivity index (χ2n) is 6.85. The summed E-state index contributed by atoms with van der Waals surface area (Å²) in [4.78, 5) is 24.0. The Morgan fingerprint density at radius 3 is 2.35 bits per heavy atom. The number of benzene rings is 1. The molecule has 0 saturated heterocycles. The molecule has 1 unspecified atom stereocenters. The van der Waals surface area contributed by atoms with E-state index < -0.39 is 11.9 Å². The van der Waals surface area contributed by atoms with Gasteiger partial charge >= 0.3 is 11.9 Å². The molecule has 128 valence electrons. The number of halogens is 1. The first-order valence-electron chi connectivity index (χ1n) is 7.82. The Hall–Kier alpha value is -1.36. The third-order valence-corrected chi connectivity index (χ3v) is 4.64. The zero-order valence-corrected chi connectivity index (χ0v) is 16.0. The van der Waals surface area contributed by atoms with Crippen molar-refractivity contribution in [3.8, 4) is 0 Å². The summed E-state index contributed by atoms with van der Waals surface area (Å²) in [5, 5.41) is 9.34. The number of aryl methyl sites for hydroxylation is 1. The number of carbonyl (C=O) groups is 2. The van der Waals surface area contributed by atoms with Crippen molar-refractivity contribution in [2.75, 3.05) is 0 Å². The van der Waals surface area contributed by atoms with E-state index in [1.54, 1.807) is 6.07 Å². The number of unbranched alkanes of at least 4 members (excludes halogenated alkanes) is 1. The van der Waals surface area contributed by atoms with Crippen molar-refractivity contribution < 1.29 is 19.4 Å². The normalized spacial score (nSPS) is 12.8. The van der Waals surface area contributed by atoms with E-state index >= 15 is 0 Å². The molecule has 0 radical (unpaired) electrons. The Kier molecular flexibility index (Phi) is 6.81. The largest absolute Gasteiger partial charge is 0.478 e. The van der Waals surface area contributed by atoms with Crippen LogP contribution in [0.15, 0.2) is 16.6 Å². The first-order valence-corrected chi connectivity index (χ1v) is 8.61. The summed E-state index contributed by atoms with van der Waals surface area (Å²) >= 11 is 3.30. The van der Waals surface area contributed by atoms with E-state index in [1.807, 2.05) is 27.7 Å². The third-order valence-electron chi connectivity index (χ3n) is 3.78. The minimum absolute atomic E-state index is 0.0457. The lowest BCUT2D eigenvalue weighted by Gasteiger charge is -2.30. The zero-order chi connectivity index (χ0) is 17.8. The van der Waals surface area contributed by atoms with Crippen molar-refractivity contribution in [3.63, 3.8) is 0 Å². The molecule has 1 aromatic rings. The number of aromatic carboxylic acids is 1. The van der Waals surface area contributed by atoms with Crippen molar-refractivity contribution in [2.45, 2.75) is 60.0 Å². The number of esters is 1. The summed E-state index contributed by atoms with van der Waals surface area (Å²) in [6.45, 7) is 9.95. The number of hydrogen-bond acceptors (Lipinski definition) is 3. The summed E-state index contributed by atoms with van der Waals surface area (Å²) < 4.78 is 6.33. The SMILES string of the molecule is CCCCC(OC(=O)c1cc(C)c(Br)cc1C(=O)O)C(C)(C)C. The fraction of sp³-hybridized carbons (Fsp3) is 0.556. The molecule has 0 aliphatic heterocycles. The second kappa shape index (κ2) is 7.95. The molecule has 1 rings (SSSR count). The molecule has 0 saturated carbocycles. The van der Waals surface area contributed by atoms with E-state index in [9.17, 15) is 14.7 Å².